The molecule has 0 unspecified atom stereocenters. The van der Waals surface area contributed by atoms with Gasteiger partial charge >= 0.3 is 88.2 Å². The third-order valence-corrected chi connectivity index (χ3v) is 4.21. The van der Waals surface area contributed by atoms with Gasteiger partial charge in [0, 0.05) is 0 Å². The van der Waals surface area contributed by atoms with Crippen molar-refractivity contribution in [3.63, 3.8) is 0 Å². The Bertz CT molecular complexity index is 366. The van der Waals surface area contributed by atoms with E-state index in [0.29, 0.717) is 0 Å². The minimum atomic E-state index is -1.78. The summed E-state index contributed by atoms with van der Waals surface area (Å²) >= 11 is -1.78. The van der Waals surface area contributed by atoms with E-state index >= 15 is 0 Å². The van der Waals surface area contributed by atoms with E-state index in [0.717, 1.165) is 11.1 Å². The van der Waals surface area contributed by atoms with Gasteiger partial charge in [-0.3, -0.25) is 0 Å². The van der Waals surface area contributed by atoms with Gasteiger partial charge in [0.25, 0.3) is 0 Å². The molecule has 72 valence electrons. The second-order valence-electron chi connectivity index (χ2n) is 4.40. The average Bonchev–Trinajstić information content (AvgIpc) is 2.14. The fraction of sp³-hybridized carbons (Fsp3) is 0.250. The van der Waals surface area contributed by atoms with Gasteiger partial charge in [0.15, 0.2) is 0 Å². The first-order valence-corrected chi connectivity index (χ1v) is 12.2. The first kappa shape index (κ1) is 11.1. The van der Waals surface area contributed by atoms with E-state index in [2.05, 4.69) is 28.2 Å². The van der Waals surface area contributed by atoms with Crippen molar-refractivity contribution in [2.24, 2.45) is 0 Å². The Hall–Kier alpha value is -1.01. The van der Waals surface area contributed by atoms with Crippen LogP contribution in [0.25, 0.3) is 5.57 Å². The van der Waals surface area contributed by atoms with Gasteiger partial charge in [-0.15, -0.1) is 0 Å². The van der Waals surface area contributed by atoms with Gasteiger partial charge in [0.1, 0.15) is 0 Å². The van der Waals surface area contributed by atoms with Crippen LogP contribution in [0.15, 0.2) is 35.2 Å². The van der Waals surface area contributed by atoms with Gasteiger partial charge in [-0.25, -0.2) is 0 Å². The van der Waals surface area contributed by atoms with Crippen molar-refractivity contribution in [2.45, 2.75) is 17.3 Å². The molecule has 1 rings (SSSR count). The summed E-state index contributed by atoms with van der Waals surface area (Å²) in [7, 11) is 0. The van der Waals surface area contributed by atoms with E-state index in [4.69, 9.17) is 5.26 Å². The zero-order valence-electron chi connectivity index (χ0n) is 8.91. The van der Waals surface area contributed by atoms with Gasteiger partial charge in [-0.1, -0.05) is 0 Å². The second kappa shape index (κ2) is 4.48. The number of nitriles is 1. The summed E-state index contributed by atoms with van der Waals surface area (Å²) in [5.74, 6) is 6.83. The van der Waals surface area contributed by atoms with Gasteiger partial charge in [-0.05, 0) is 0 Å². The van der Waals surface area contributed by atoms with Crippen molar-refractivity contribution in [3.8, 4) is 6.07 Å². The Balaban J connectivity index is 3.08. The Morgan fingerprint density at radius 2 is 1.79 bits per heavy atom. The maximum atomic E-state index is 9.05. The van der Waals surface area contributed by atoms with E-state index < -0.39 is 13.3 Å². The SMILES string of the molecule is [CH3][Ge]([CH3])([CH3])/[CH]=C(/C#N)c1ccccc1. The molecule has 0 aliphatic carbocycles. The average molecular weight is 246 g/mol. The van der Waals surface area contributed by atoms with Crippen LogP contribution in [0.2, 0.25) is 17.3 Å². The van der Waals surface area contributed by atoms with Crippen molar-refractivity contribution < 1.29 is 0 Å². The third kappa shape index (κ3) is 3.39. The summed E-state index contributed by atoms with van der Waals surface area (Å²) in [4.78, 5) is 2.19. The van der Waals surface area contributed by atoms with Crippen molar-refractivity contribution in [2.75, 3.05) is 0 Å². The predicted molar refractivity (Wildman–Crippen MR) is 63.4 cm³/mol. The fourth-order valence-electron chi connectivity index (χ4n) is 1.23. The molecule has 0 radical (unpaired) electrons. The van der Waals surface area contributed by atoms with Crippen LogP contribution in [0, 0.1) is 11.3 Å². The standard InChI is InChI=1S/C12H15GeN/c1-13(2,3)9-12(10-14)11-7-5-4-6-8-11/h4-9H,1-3H3/b12-9-. The number of hydrogen-bond acceptors (Lipinski definition) is 1. The fourth-order valence-corrected chi connectivity index (χ4v) is 3.53. The molecule has 0 bridgehead atoms. The van der Waals surface area contributed by atoms with Crippen molar-refractivity contribution >= 4 is 18.8 Å². The number of allylic oxidation sites excluding steroid dienone is 1. The second-order valence-corrected chi connectivity index (χ2v) is 14.9. The summed E-state index contributed by atoms with van der Waals surface area (Å²) in [6, 6.07) is 12.2. The van der Waals surface area contributed by atoms with Gasteiger partial charge in [0.05, 0.1) is 0 Å². The van der Waals surface area contributed by atoms with E-state index in [1.54, 1.807) is 0 Å². The molecule has 0 aliphatic rings. The number of rotatable bonds is 2. The molecule has 2 heteroatoms. The summed E-state index contributed by atoms with van der Waals surface area (Å²) in [6.07, 6.45) is 0. The minimum absolute atomic E-state index is 0.832. The van der Waals surface area contributed by atoms with Crippen molar-refractivity contribution in [3.05, 3.63) is 40.8 Å². The predicted octanol–water partition coefficient (Wildman–Crippen LogP) is 3.47. The molecular weight excluding hydrogens is 231 g/mol. The summed E-state index contributed by atoms with van der Waals surface area (Å²) in [6.45, 7) is 0. The first-order valence-electron chi connectivity index (χ1n) is 4.71. The Morgan fingerprint density at radius 1 is 1.21 bits per heavy atom. The van der Waals surface area contributed by atoms with Crippen molar-refractivity contribution in [1.82, 2.24) is 0 Å². The van der Waals surface area contributed by atoms with E-state index in [9.17, 15) is 0 Å². The number of nitrogens with zero attached hydrogens (tertiary/aromatic N) is 1. The molecule has 1 aromatic rings. The van der Waals surface area contributed by atoms with Crippen LogP contribution < -0.4 is 0 Å². The van der Waals surface area contributed by atoms with Crippen LogP contribution in [-0.4, -0.2) is 13.3 Å². The number of hydrogen-bond donors (Lipinski definition) is 0. The van der Waals surface area contributed by atoms with Crippen molar-refractivity contribution in [1.29, 1.82) is 5.26 Å². The topological polar surface area (TPSA) is 23.8 Å². The Morgan fingerprint density at radius 3 is 2.21 bits per heavy atom. The summed E-state index contributed by atoms with van der Waals surface area (Å²) < 4.78 is 0. The Labute approximate surface area is 88.4 Å². The van der Waals surface area contributed by atoms with Crippen LogP contribution in [0.5, 0.6) is 0 Å². The summed E-state index contributed by atoms with van der Waals surface area (Å²) in [5.41, 5.74) is 1.87. The maximum absolute atomic E-state index is 9.05. The van der Waals surface area contributed by atoms with Crippen LogP contribution in [0.3, 0.4) is 0 Å². The van der Waals surface area contributed by atoms with Crippen LogP contribution in [0.4, 0.5) is 0 Å². The zero-order chi connectivity index (χ0) is 10.6. The first-order chi connectivity index (χ1) is 6.53. The molecule has 0 aliphatic heterocycles. The van der Waals surface area contributed by atoms with E-state index in [1.807, 2.05) is 30.3 Å². The zero-order valence-corrected chi connectivity index (χ0v) is 11.0. The molecule has 0 atom stereocenters. The molecule has 0 saturated carbocycles. The molecule has 0 spiro atoms. The number of benzene rings is 1. The Kier molecular flexibility index (Phi) is 3.54. The van der Waals surface area contributed by atoms with Crippen LogP contribution >= 0.6 is 0 Å². The summed E-state index contributed by atoms with van der Waals surface area (Å²) in [5, 5.41) is 9.05. The normalized spacial score (nSPS) is 12.3. The molecule has 0 N–H and O–H groups in total. The van der Waals surface area contributed by atoms with Crippen LogP contribution in [0.1, 0.15) is 5.56 Å². The molecular formula is C12H15GeN. The van der Waals surface area contributed by atoms with E-state index in [-0.39, 0.29) is 0 Å². The monoisotopic (exact) mass is 247 g/mol. The molecule has 0 saturated heterocycles. The molecule has 0 amide bonds. The molecule has 0 aromatic heterocycles. The molecule has 1 aromatic carbocycles. The molecule has 14 heavy (non-hydrogen) atoms. The molecule has 0 fully saturated rings. The molecule has 0 heterocycles. The van der Waals surface area contributed by atoms with Gasteiger partial charge < -0.3 is 0 Å². The molecule has 1 nitrogen and oxygen atoms in total. The third-order valence-electron chi connectivity index (χ3n) is 1.78. The van der Waals surface area contributed by atoms with E-state index in [1.165, 1.54) is 0 Å². The van der Waals surface area contributed by atoms with Crippen LogP contribution in [-0.2, 0) is 0 Å². The van der Waals surface area contributed by atoms with Gasteiger partial charge in [-0.2, -0.15) is 0 Å². The van der Waals surface area contributed by atoms with Gasteiger partial charge in [0.2, 0.25) is 0 Å². The quantitative estimate of drug-likeness (QED) is 0.578.